The molecule has 0 spiro atoms. The van der Waals surface area contributed by atoms with Crippen molar-refractivity contribution in [3.63, 3.8) is 0 Å². The lowest BCUT2D eigenvalue weighted by Crippen LogP contribution is -2.10. The van der Waals surface area contributed by atoms with E-state index in [1.165, 1.54) is 12.8 Å². The summed E-state index contributed by atoms with van der Waals surface area (Å²) in [5.74, 6) is 1.07. The quantitative estimate of drug-likeness (QED) is 0.708. The first-order chi connectivity index (χ1) is 6.81. The molecule has 76 valence electrons. The van der Waals surface area contributed by atoms with E-state index in [0.29, 0.717) is 11.8 Å². The van der Waals surface area contributed by atoms with E-state index < -0.39 is 0 Å². The van der Waals surface area contributed by atoms with Gasteiger partial charge in [0.05, 0.1) is 0 Å². The van der Waals surface area contributed by atoms with Crippen LogP contribution < -0.4 is 5.69 Å². The Kier molecular flexibility index (Phi) is 2.57. The van der Waals surface area contributed by atoms with Crippen LogP contribution in [0.3, 0.4) is 0 Å². The van der Waals surface area contributed by atoms with Gasteiger partial charge in [-0.25, -0.2) is 4.79 Å². The normalized spacial score (nSPS) is 22.8. The largest absolute Gasteiger partial charge is 0.323 e. The minimum absolute atomic E-state index is 0.0968. The third-order valence-electron chi connectivity index (χ3n) is 3.02. The zero-order valence-corrected chi connectivity index (χ0v) is 8.42. The van der Waals surface area contributed by atoms with Crippen LogP contribution in [0.25, 0.3) is 0 Å². The average molecular weight is 192 g/mol. The molecule has 0 bridgehead atoms. The van der Waals surface area contributed by atoms with Gasteiger partial charge in [0, 0.05) is 17.8 Å². The molecule has 3 heteroatoms. The Morgan fingerprint density at radius 2 is 2.50 bits per heavy atom. The van der Waals surface area contributed by atoms with E-state index in [2.05, 4.69) is 29.0 Å². The lowest BCUT2D eigenvalue weighted by Gasteiger charge is -2.18. The molecular weight excluding hydrogens is 176 g/mol. The molecule has 1 aromatic heterocycles. The van der Waals surface area contributed by atoms with E-state index in [9.17, 15) is 4.79 Å². The summed E-state index contributed by atoms with van der Waals surface area (Å²) in [4.78, 5) is 16.5. The fourth-order valence-corrected chi connectivity index (χ4v) is 2.29. The van der Waals surface area contributed by atoms with Gasteiger partial charge in [-0.05, 0) is 25.2 Å². The van der Waals surface area contributed by atoms with Crippen molar-refractivity contribution >= 4 is 0 Å². The van der Waals surface area contributed by atoms with Gasteiger partial charge in [-0.15, -0.1) is 0 Å². The van der Waals surface area contributed by atoms with Crippen LogP contribution in [0.5, 0.6) is 0 Å². The van der Waals surface area contributed by atoms with E-state index in [0.717, 1.165) is 12.1 Å². The number of aromatic amines is 2. The number of H-pyrrole nitrogens is 2. The highest BCUT2D eigenvalue weighted by atomic mass is 16.1. The molecule has 0 radical (unpaired) electrons. The van der Waals surface area contributed by atoms with Crippen molar-refractivity contribution in [3.05, 3.63) is 34.5 Å². The highest BCUT2D eigenvalue weighted by Gasteiger charge is 2.22. The molecular formula is C11H16N2O. The fourth-order valence-electron chi connectivity index (χ4n) is 2.29. The number of rotatable bonds is 3. The first-order valence-electron chi connectivity index (χ1n) is 5.25. The zero-order chi connectivity index (χ0) is 9.97. The van der Waals surface area contributed by atoms with Crippen molar-refractivity contribution < 1.29 is 0 Å². The van der Waals surface area contributed by atoms with Gasteiger partial charge < -0.3 is 9.97 Å². The standard InChI is InChI=1S/C11H16N2O/c1-2-9(8-5-3-4-6-8)10-7-12-11(14)13-10/h3,5,7-9H,2,4,6H2,1H3,(H2,12,13,14). The molecule has 1 heterocycles. The van der Waals surface area contributed by atoms with Crippen molar-refractivity contribution in [3.8, 4) is 0 Å². The molecule has 2 rings (SSSR count). The molecule has 0 saturated carbocycles. The van der Waals surface area contributed by atoms with Gasteiger partial charge in [0.25, 0.3) is 0 Å². The van der Waals surface area contributed by atoms with Crippen LogP contribution in [-0.4, -0.2) is 9.97 Å². The summed E-state index contributed by atoms with van der Waals surface area (Å²) >= 11 is 0. The third-order valence-corrected chi connectivity index (χ3v) is 3.02. The summed E-state index contributed by atoms with van der Waals surface area (Å²) < 4.78 is 0. The van der Waals surface area contributed by atoms with E-state index in [-0.39, 0.29) is 5.69 Å². The van der Waals surface area contributed by atoms with Crippen LogP contribution in [0, 0.1) is 5.92 Å². The second kappa shape index (κ2) is 3.86. The summed E-state index contributed by atoms with van der Waals surface area (Å²) in [7, 11) is 0. The van der Waals surface area contributed by atoms with Crippen LogP contribution >= 0.6 is 0 Å². The topological polar surface area (TPSA) is 48.6 Å². The Morgan fingerprint density at radius 3 is 3.00 bits per heavy atom. The van der Waals surface area contributed by atoms with E-state index in [1.54, 1.807) is 0 Å². The number of imidazole rings is 1. The minimum Gasteiger partial charge on any atom is -0.313 e. The Morgan fingerprint density at radius 1 is 1.64 bits per heavy atom. The van der Waals surface area contributed by atoms with E-state index in [4.69, 9.17) is 0 Å². The predicted molar refractivity (Wildman–Crippen MR) is 56.3 cm³/mol. The number of hydrogen-bond donors (Lipinski definition) is 2. The predicted octanol–water partition coefficient (Wildman–Crippen LogP) is 2.16. The number of nitrogens with one attached hydrogen (secondary N) is 2. The van der Waals surface area contributed by atoms with Crippen molar-refractivity contribution in [2.75, 3.05) is 0 Å². The van der Waals surface area contributed by atoms with Crippen LogP contribution in [-0.2, 0) is 0 Å². The smallest absolute Gasteiger partial charge is 0.313 e. The van der Waals surface area contributed by atoms with Crippen molar-refractivity contribution in [2.24, 2.45) is 5.92 Å². The van der Waals surface area contributed by atoms with Gasteiger partial charge in [-0.1, -0.05) is 19.1 Å². The number of hydrogen-bond acceptors (Lipinski definition) is 1. The molecule has 3 nitrogen and oxygen atoms in total. The molecule has 2 unspecified atom stereocenters. The molecule has 0 aromatic carbocycles. The lowest BCUT2D eigenvalue weighted by atomic mass is 9.87. The maximum absolute atomic E-state index is 11.0. The molecule has 0 saturated heterocycles. The van der Waals surface area contributed by atoms with Gasteiger partial charge >= 0.3 is 5.69 Å². The average Bonchev–Trinajstić information content (AvgIpc) is 2.79. The SMILES string of the molecule is CCC(c1c[nH]c(=O)[nH]1)C1C=CCC1. The molecule has 1 aliphatic carbocycles. The molecule has 0 fully saturated rings. The van der Waals surface area contributed by atoms with Crippen molar-refractivity contribution in [1.82, 2.24) is 9.97 Å². The Labute approximate surface area is 83.2 Å². The highest BCUT2D eigenvalue weighted by Crippen LogP contribution is 2.33. The molecule has 0 aliphatic heterocycles. The Bertz CT molecular complexity index is 375. The molecule has 1 aromatic rings. The third kappa shape index (κ3) is 1.67. The van der Waals surface area contributed by atoms with Crippen LogP contribution in [0.4, 0.5) is 0 Å². The molecule has 14 heavy (non-hydrogen) atoms. The van der Waals surface area contributed by atoms with Crippen LogP contribution in [0.2, 0.25) is 0 Å². The molecule has 1 aliphatic rings. The maximum Gasteiger partial charge on any atom is 0.323 e. The van der Waals surface area contributed by atoms with Crippen LogP contribution in [0.15, 0.2) is 23.1 Å². The van der Waals surface area contributed by atoms with Crippen molar-refractivity contribution in [2.45, 2.75) is 32.1 Å². The monoisotopic (exact) mass is 192 g/mol. The summed E-state index contributed by atoms with van der Waals surface area (Å²) in [6, 6.07) is 0. The maximum atomic E-state index is 11.0. The number of allylic oxidation sites excluding steroid dienone is 2. The molecule has 0 amide bonds. The van der Waals surface area contributed by atoms with Gasteiger partial charge in [-0.2, -0.15) is 0 Å². The highest BCUT2D eigenvalue weighted by molar-refractivity contribution is 5.12. The Hall–Kier alpha value is -1.25. The first-order valence-corrected chi connectivity index (χ1v) is 5.25. The van der Waals surface area contributed by atoms with E-state index in [1.807, 2.05) is 6.20 Å². The summed E-state index contributed by atoms with van der Waals surface area (Å²) in [6.45, 7) is 2.17. The fraction of sp³-hybridized carbons (Fsp3) is 0.545. The Balaban J connectivity index is 2.20. The van der Waals surface area contributed by atoms with Gasteiger partial charge in [0.1, 0.15) is 0 Å². The van der Waals surface area contributed by atoms with Gasteiger partial charge in [0.15, 0.2) is 0 Å². The zero-order valence-electron chi connectivity index (χ0n) is 8.42. The molecule has 2 N–H and O–H groups in total. The van der Waals surface area contributed by atoms with Crippen LogP contribution in [0.1, 0.15) is 37.8 Å². The summed E-state index contributed by atoms with van der Waals surface area (Å²) in [6.07, 6.45) is 9.78. The summed E-state index contributed by atoms with van der Waals surface area (Å²) in [5, 5.41) is 0. The minimum atomic E-state index is -0.0968. The van der Waals surface area contributed by atoms with Gasteiger partial charge in [0.2, 0.25) is 0 Å². The first kappa shape index (κ1) is 9.31. The lowest BCUT2D eigenvalue weighted by molar-refractivity contribution is 0.476. The molecule has 2 atom stereocenters. The summed E-state index contributed by atoms with van der Waals surface area (Å²) in [5.41, 5.74) is 0.953. The second-order valence-electron chi connectivity index (χ2n) is 3.88. The number of aromatic nitrogens is 2. The second-order valence-corrected chi connectivity index (χ2v) is 3.88. The van der Waals surface area contributed by atoms with E-state index >= 15 is 0 Å². The van der Waals surface area contributed by atoms with Crippen molar-refractivity contribution in [1.29, 1.82) is 0 Å². The van der Waals surface area contributed by atoms with Gasteiger partial charge in [-0.3, -0.25) is 0 Å².